The van der Waals surface area contributed by atoms with Gasteiger partial charge < -0.3 is 14.7 Å². The fraction of sp³-hybridized carbons (Fsp3) is 0.467. The first-order valence-electron chi connectivity index (χ1n) is 7.70. The van der Waals surface area contributed by atoms with Crippen molar-refractivity contribution in [3.05, 3.63) is 24.2 Å². The van der Waals surface area contributed by atoms with Crippen LogP contribution in [0.5, 0.6) is 0 Å². The molecule has 1 aliphatic heterocycles. The lowest BCUT2D eigenvalue weighted by Crippen LogP contribution is -2.49. The molecule has 0 unspecified atom stereocenters. The largest absolute Gasteiger partial charge is 0.360 e. The van der Waals surface area contributed by atoms with Crippen molar-refractivity contribution in [2.75, 3.05) is 49.2 Å². The molecule has 1 N–H and O–H groups in total. The lowest BCUT2D eigenvalue weighted by Gasteiger charge is -2.34. The molecule has 2 aromatic rings. The van der Waals surface area contributed by atoms with Gasteiger partial charge in [-0.25, -0.2) is 4.98 Å². The average Bonchev–Trinajstić information content (AvgIpc) is 3.00. The molecule has 3 rings (SSSR count). The van der Waals surface area contributed by atoms with Crippen LogP contribution in [0.3, 0.4) is 0 Å². The summed E-state index contributed by atoms with van der Waals surface area (Å²) in [6.45, 7) is 5.38. The lowest BCUT2D eigenvalue weighted by atomic mass is 10.3. The molecule has 1 fully saturated rings. The predicted octanol–water partition coefficient (Wildman–Crippen LogP) is 1.26. The Morgan fingerprint density at radius 3 is 2.79 bits per heavy atom. The number of aryl methyl sites for hydroxylation is 1. The van der Waals surface area contributed by atoms with Crippen LogP contribution in [0.2, 0.25) is 0 Å². The third kappa shape index (κ3) is 4.24. The second kappa shape index (κ2) is 7.63. The maximum absolute atomic E-state index is 12.1. The molecular formula is C15H20N6O2S. The standard InChI is InChI=1S/C15H20N6O2S/c1-11-7-12(19-23-11)17-14(22)10-20-3-5-21(6-4-20)13-8-16-9-15(18-13)24-2/h7-9H,3-6,10H2,1-2H3,(H,17,19,22). The van der Waals surface area contributed by atoms with E-state index in [-0.39, 0.29) is 5.91 Å². The van der Waals surface area contributed by atoms with E-state index in [2.05, 4.69) is 30.2 Å². The van der Waals surface area contributed by atoms with Gasteiger partial charge in [0.1, 0.15) is 16.6 Å². The number of amides is 1. The Kier molecular flexibility index (Phi) is 5.31. The Hall–Kier alpha value is -2.13. The summed E-state index contributed by atoms with van der Waals surface area (Å²) in [6.07, 6.45) is 5.54. The Labute approximate surface area is 144 Å². The van der Waals surface area contributed by atoms with E-state index >= 15 is 0 Å². The molecule has 0 spiro atoms. The van der Waals surface area contributed by atoms with Gasteiger partial charge in [0.05, 0.1) is 18.9 Å². The number of carbonyl (C=O) groups is 1. The van der Waals surface area contributed by atoms with E-state index in [1.165, 1.54) is 0 Å². The van der Waals surface area contributed by atoms with Crippen molar-refractivity contribution in [2.45, 2.75) is 11.9 Å². The van der Waals surface area contributed by atoms with Gasteiger partial charge in [0.2, 0.25) is 5.91 Å². The highest BCUT2D eigenvalue weighted by Gasteiger charge is 2.20. The number of hydrogen-bond donors (Lipinski definition) is 1. The quantitative estimate of drug-likeness (QED) is 0.808. The molecule has 9 heteroatoms. The number of nitrogens with zero attached hydrogens (tertiary/aromatic N) is 5. The van der Waals surface area contributed by atoms with E-state index in [9.17, 15) is 4.79 Å². The van der Waals surface area contributed by atoms with Crippen molar-refractivity contribution >= 4 is 29.3 Å². The summed E-state index contributed by atoms with van der Waals surface area (Å²) < 4.78 is 4.94. The molecule has 128 valence electrons. The van der Waals surface area contributed by atoms with E-state index < -0.39 is 0 Å². The molecule has 0 saturated carbocycles. The number of thioether (sulfide) groups is 1. The lowest BCUT2D eigenvalue weighted by molar-refractivity contribution is -0.117. The summed E-state index contributed by atoms with van der Waals surface area (Å²) >= 11 is 1.58. The Morgan fingerprint density at radius 2 is 2.12 bits per heavy atom. The minimum absolute atomic E-state index is 0.0825. The summed E-state index contributed by atoms with van der Waals surface area (Å²) in [5.41, 5.74) is 0. The maximum atomic E-state index is 12.1. The van der Waals surface area contributed by atoms with Crippen molar-refractivity contribution in [1.29, 1.82) is 0 Å². The highest BCUT2D eigenvalue weighted by atomic mass is 32.2. The van der Waals surface area contributed by atoms with Crippen LogP contribution in [-0.4, -0.2) is 64.9 Å². The molecule has 24 heavy (non-hydrogen) atoms. The van der Waals surface area contributed by atoms with Gasteiger partial charge in [-0.3, -0.25) is 14.7 Å². The number of carbonyl (C=O) groups excluding carboxylic acids is 1. The van der Waals surface area contributed by atoms with Crippen LogP contribution in [0.4, 0.5) is 11.6 Å². The van der Waals surface area contributed by atoms with Crippen molar-refractivity contribution in [3.63, 3.8) is 0 Å². The summed E-state index contributed by atoms with van der Waals surface area (Å²) in [6, 6.07) is 1.70. The van der Waals surface area contributed by atoms with Gasteiger partial charge in [0, 0.05) is 32.2 Å². The van der Waals surface area contributed by atoms with Crippen molar-refractivity contribution in [3.8, 4) is 0 Å². The summed E-state index contributed by atoms with van der Waals surface area (Å²) in [7, 11) is 0. The first-order chi connectivity index (χ1) is 11.6. The summed E-state index contributed by atoms with van der Waals surface area (Å²) in [5.74, 6) is 1.94. The van der Waals surface area contributed by atoms with Crippen LogP contribution in [0.15, 0.2) is 28.0 Å². The van der Waals surface area contributed by atoms with Gasteiger partial charge in [-0.1, -0.05) is 5.16 Å². The van der Waals surface area contributed by atoms with Crippen LogP contribution in [0.25, 0.3) is 0 Å². The van der Waals surface area contributed by atoms with Crippen LogP contribution in [0, 0.1) is 6.92 Å². The average molecular weight is 348 g/mol. The Bertz CT molecular complexity index is 699. The fourth-order valence-electron chi connectivity index (χ4n) is 2.53. The molecule has 0 aliphatic carbocycles. The molecule has 8 nitrogen and oxygen atoms in total. The molecule has 1 saturated heterocycles. The van der Waals surface area contributed by atoms with E-state index in [0.717, 1.165) is 37.0 Å². The highest BCUT2D eigenvalue weighted by Crippen LogP contribution is 2.17. The number of rotatable bonds is 5. The van der Waals surface area contributed by atoms with Gasteiger partial charge >= 0.3 is 0 Å². The van der Waals surface area contributed by atoms with Gasteiger partial charge in [-0.2, -0.15) is 0 Å². The maximum Gasteiger partial charge on any atom is 0.239 e. The predicted molar refractivity (Wildman–Crippen MR) is 92.3 cm³/mol. The molecule has 1 amide bonds. The van der Waals surface area contributed by atoms with Crippen molar-refractivity contribution in [2.24, 2.45) is 0 Å². The smallest absolute Gasteiger partial charge is 0.239 e. The number of aromatic nitrogens is 3. The van der Waals surface area contributed by atoms with Crippen LogP contribution in [-0.2, 0) is 4.79 Å². The minimum atomic E-state index is -0.0825. The summed E-state index contributed by atoms with van der Waals surface area (Å²) in [5, 5.41) is 7.42. The third-order valence-corrected chi connectivity index (χ3v) is 4.38. The second-order valence-electron chi connectivity index (χ2n) is 5.55. The topological polar surface area (TPSA) is 87.4 Å². The van der Waals surface area contributed by atoms with E-state index in [4.69, 9.17) is 4.52 Å². The van der Waals surface area contributed by atoms with Gasteiger partial charge in [0.15, 0.2) is 5.82 Å². The number of piperazine rings is 1. The van der Waals surface area contributed by atoms with Crippen LogP contribution >= 0.6 is 11.8 Å². The molecule has 3 heterocycles. The Balaban J connectivity index is 1.48. The molecular weight excluding hydrogens is 328 g/mol. The van der Waals surface area contributed by atoms with Crippen molar-refractivity contribution in [1.82, 2.24) is 20.0 Å². The Morgan fingerprint density at radius 1 is 1.33 bits per heavy atom. The molecule has 2 aromatic heterocycles. The van der Waals surface area contributed by atoms with Crippen LogP contribution < -0.4 is 10.2 Å². The number of nitrogens with one attached hydrogen (secondary N) is 1. The fourth-order valence-corrected chi connectivity index (χ4v) is 2.89. The normalized spacial score (nSPS) is 15.5. The van der Waals surface area contributed by atoms with Crippen molar-refractivity contribution < 1.29 is 9.32 Å². The van der Waals surface area contributed by atoms with Crippen LogP contribution in [0.1, 0.15) is 5.76 Å². The number of anilines is 2. The zero-order valence-corrected chi connectivity index (χ0v) is 14.5. The molecule has 0 atom stereocenters. The third-order valence-electron chi connectivity index (χ3n) is 3.77. The van der Waals surface area contributed by atoms with E-state index in [1.807, 2.05) is 6.26 Å². The van der Waals surface area contributed by atoms with Gasteiger partial charge in [0.25, 0.3) is 0 Å². The SMILES string of the molecule is CSc1cncc(N2CCN(CC(=O)Nc3cc(C)on3)CC2)n1. The highest BCUT2D eigenvalue weighted by molar-refractivity contribution is 7.98. The van der Waals surface area contributed by atoms with E-state index in [1.54, 1.807) is 37.1 Å². The first kappa shape index (κ1) is 16.7. The minimum Gasteiger partial charge on any atom is -0.360 e. The zero-order chi connectivity index (χ0) is 16.9. The molecule has 0 bridgehead atoms. The zero-order valence-electron chi connectivity index (χ0n) is 13.7. The molecule has 0 aromatic carbocycles. The van der Waals surface area contributed by atoms with Gasteiger partial charge in [-0.15, -0.1) is 11.8 Å². The molecule has 1 aliphatic rings. The first-order valence-corrected chi connectivity index (χ1v) is 8.93. The van der Waals surface area contributed by atoms with Gasteiger partial charge in [-0.05, 0) is 13.2 Å². The summed E-state index contributed by atoms with van der Waals surface area (Å²) in [4.78, 5) is 25.2. The monoisotopic (exact) mass is 348 g/mol. The molecule has 0 radical (unpaired) electrons. The van der Waals surface area contributed by atoms with E-state index in [0.29, 0.717) is 18.1 Å². The second-order valence-corrected chi connectivity index (χ2v) is 6.38. The number of hydrogen-bond acceptors (Lipinski definition) is 8.